The molecule has 0 aromatic heterocycles. The van der Waals surface area contributed by atoms with Crippen LogP contribution in [0.15, 0.2) is 17.3 Å². The van der Waals surface area contributed by atoms with Crippen molar-refractivity contribution in [1.29, 1.82) is 0 Å². The monoisotopic (exact) mass is 154 g/mol. The average molecular weight is 154 g/mol. The van der Waals surface area contributed by atoms with Crippen LogP contribution < -0.4 is 16.8 Å². The first kappa shape index (κ1) is 8.39. The van der Waals surface area contributed by atoms with Gasteiger partial charge in [0.2, 0.25) is 0 Å². The van der Waals surface area contributed by atoms with Crippen LogP contribution in [0.5, 0.6) is 0 Å². The fourth-order valence-corrected chi connectivity index (χ4v) is 1.00. The molecule has 4 nitrogen and oxygen atoms in total. The van der Waals surface area contributed by atoms with Gasteiger partial charge in [0, 0.05) is 12.4 Å². The highest BCUT2D eigenvalue weighted by molar-refractivity contribution is 5.67. The van der Waals surface area contributed by atoms with Crippen molar-refractivity contribution in [2.75, 3.05) is 0 Å². The minimum absolute atomic E-state index is 0.167. The predicted octanol–water partition coefficient (Wildman–Crippen LogP) is -0.620. The zero-order valence-electron chi connectivity index (χ0n) is 6.57. The van der Waals surface area contributed by atoms with Gasteiger partial charge in [0.05, 0.1) is 6.04 Å². The zero-order chi connectivity index (χ0) is 8.27. The summed E-state index contributed by atoms with van der Waals surface area (Å²) in [5.41, 5.74) is 10.7. The molecule has 1 rings (SSSR count). The molecule has 2 unspecified atom stereocenters. The average Bonchev–Trinajstić information content (AvgIpc) is 1.93. The Balaban J connectivity index is 2.45. The molecule has 0 radical (unpaired) electrons. The van der Waals surface area contributed by atoms with Crippen molar-refractivity contribution in [3.8, 4) is 0 Å². The fourth-order valence-electron chi connectivity index (χ4n) is 1.00. The van der Waals surface area contributed by atoms with Gasteiger partial charge in [-0.05, 0) is 5.92 Å². The summed E-state index contributed by atoms with van der Waals surface area (Å²) in [6, 6.07) is 0.167. The van der Waals surface area contributed by atoms with Crippen LogP contribution in [0.2, 0.25) is 0 Å². The molecule has 0 aromatic rings. The molecule has 5 N–H and O–H groups in total. The Morgan fingerprint density at radius 1 is 1.55 bits per heavy atom. The third-order valence-corrected chi connectivity index (χ3v) is 1.67. The second-order valence-electron chi connectivity index (χ2n) is 2.72. The van der Waals surface area contributed by atoms with E-state index in [1.165, 1.54) is 0 Å². The molecule has 4 heteroatoms. The number of nitrogens with one attached hydrogen (secondary N) is 1. The van der Waals surface area contributed by atoms with Crippen LogP contribution in [-0.4, -0.2) is 18.5 Å². The summed E-state index contributed by atoms with van der Waals surface area (Å²) in [6.07, 6.45) is 5.14. The molecule has 0 spiro atoms. The van der Waals surface area contributed by atoms with Crippen molar-refractivity contribution < 1.29 is 0 Å². The fraction of sp³-hybridized carbons (Fsp3) is 0.571. The SMILES string of the molecule is CC1C=CN=CC1NC(N)N. The van der Waals surface area contributed by atoms with Gasteiger partial charge >= 0.3 is 0 Å². The van der Waals surface area contributed by atoms with E-state index < -0.39 is 6.29 Å². The zero-order valence-corrected chi connectivity index (χ0v) is 6.57. The molecule has 0 saturated heterocycles. The number of nitrogens with zero attached hydrogens (tertiary/aromatic N) is 1. The summed E-state index contributed by atoms with van der Waals surface area (Å²) >= 11 is 0. The molecule has 0 amide bonds. The second kappa shape index (κ2) is 3.61. The van der Waals surface area contributed by atoms with Gasteiger partial charge in [0.25, 0.3) is 0 Å². The summed E-state index contributed by atoms with van der Waals surface area (Å²) in [5.74, 6) is 0.405. The van der Waals surface area contributed by atoms with E-state index >= 15 is 0 Å². The number of aliphatic imine (C=N–C) groups is 1. The lowest BCUT2D eigenvalue weighted by atomic mass is 10.0. The van der Waals surface area contributed by atoms with Gasteiger partial charge in [-0.15, -0.1) is 0 Å². The molecule has 2 atom stereocenters. The van der Waals surface area contributed by atoms with Crippen molar-refractivity contribution in [2.45, 2.75) is 19.3 Å². The second-order valence-corrected chi connectivity index (χ2v) is 2.72. The van der Waals surface area contributed by atoms with Gasteiger partial charge in [-0.2, -0.15) is 0 Å². The van der Waals surface area contributed by atoms with E-state index in [9.17, 15) is 0 Å². The van der Waals surface area contributed by atoms with E-state index in [1.807, 2.05) is 12.3 Å². The maximum absolute atomic E-state index is 5.37. The molecule has 1 aliphatic rings. The van der Waals surface area contributed by atoms with Crippen LogP contribution in [0, 0.1) is 5.92 Å². The maximum Gasteiger partial charge on any atom is 0.107 e. The Bertz CT molecular complexity index is 173. The van der Waals surface area contributed by atoms with E-state index in [2.05, 4.69) is 17.2 Å². The van der Waals surface area contributed by atoms with Crippen molar-refractivity contribution in [1.82, 2.24) is 5.32 Å². The smallest absolute Gasteiger partial charge is 0.107 e. The largest absolute Gasteiger partial charge is 0.304 e. The van der Waals surface area contributed by atoms with Gasteiger partial charge in [0.1, 0.15) is 6.29 Å². The normalized spacial score (nSPS) is 29.8. The minimum atomic E-state index is -0.472. The number of hydrogen-bond acceptors (Lipinski definition) is 4. The molecule has 0 saturated carbocycles. The van der Waals surface area contributed by atoms with E-state index in [4.69, 9.17) is 11.5 Å². The first-order valence-electron chi connectivity index (χ1n) is 3.67. The minimum Gasteiger partial charge on any atom is -0.304 e. The van der Waals surface area contributed by atoms with Crippen LogP contribution in [0.3, 0.4) is 0 Å². The van der Waals surface area contributed by atoms with Gasteiger partial charge in [-0.25, -0.2) is 0 Å². The number of rotatable bonds is 2. The Labute approximate surface area is 66.4 Å². The summed E-state index contributed by atoms with van der Waals surface area (Å²) in [7, 11) is 0. The van der Waals surface area contributed by atoms with Crippen LogP contribution >= 0.6 is 0 Å². The molecule has 11 heavy (non-hydrogen) atoms. The first-order valence-corrected chi connectivity index (χ1v) is 3.67. The van der Waals surface area contributed by atoms with Crippen LogP contribution in [0.4, 0.5) is 0 Å². The molecule has 62 valence electrons. The molecule has 0 aromatic carbocycles. The summed E-state index contributed by atoms with van der Waals surface area (Å²) < 4.78 is 0. The van der Waals surface area contributed by atoms with Crippen LogP contribution in [0.25, 0.3) is 0 Å². The molecule has 0 aliphatic carbocycles. The third kappa shape index (κ3) is 2.42. The van der Waals surface area contributed by atoms with Crippen molar-refractivity contribution >= 4 is 6.21 Å². The molecular formula is C7H14N4. The molecule has 0 fully saturated rings. The molecule has 1 heterocycles. The molecular weight excluding hydrogens is 140 g/mol. The van der Waals surface area contributed by atoms with E-state index in [0.29, 0.717) is 5.92 Å². The lowest BCUT2D eigenvalue weighted by Crippen LogP contribution is -2.52. The van der Waals surface area contributed by atoms with E-state index in [1.54, 1.807) is 6.20 Å². The van der Waals surface area contributed by atoms with E-state index in [-0.39, 0.29) is 6.04 Å². The van der Waals surface area contributed by atoms with Gasteiger partial charge in [-0.3, -0.25) is 10.3 Å². The first-order chi connectivity index (χ1) is 5.20. The summed E-state index contributed by atoms with van der Waals surface area (Å²) in [5, 5.41) is 2.99. The van der Waals surface area contributed by atoms with Gasteiger partial charge in [-0.1, -0.05) is 13.0 Å². The Kier molecular flexibility index (Phi) is 2.76. The maximum atomic E-state index is 5.37. The van der Waals surface area contributed by atoms with Crippen LogP contribution in [-0.2, 0) is 0 Å². The Morgan fingerprint density at radius 2 is 2.27 bits per heavy atom. The summed E-state index contributed by atoms with van der Waals surface area (Å²) in [6.45, 7) is 2.09. The van der Waals surface area contributed by atoms with Crippen molar-refractivity contribution in [3.05, 3.63) is 12.3 Å². The highest BCUT2D eigenvalue weighted by Gasteiger charge is 2.14. The van der Waals surface area contributed by atoms with Gasteiger partial charge < -0.3 is 11.5 Å². The lowest BCUT2D eigenvalue weighted by Gasteiger charge is -2.22. The van der Waals surface area contributed by atoms with Crippen molar-refractivity contribution in [3.63, 3.8) is 0 Å². The van der Waals surface area contributed by atoms with Crippen molar-refractivity contribution in [2.24, 2.45) is 22.4 Å². The topological polar surface area (TPSA) is 76.4 Å². The van der Waals surface area contributed by atoms with Gasteiger partial charge in [0.15, 0.2) is 0 Å². The summed E-state index contributed by atoms with van der Waals surface area (Å²) in [4.78, 5) is 3.98. The van der Waals surface area contributed by atoms with Crippen LogP contribution in [0.1, 0.15) is 6.92 Å². The highest BCUT2D eigenvalue weighted by atomic mass is 15.2. The molecule has 0 bridgehead atoms. The Morgan fingerprint density at radius 3 is 2.82 bits per heavy atom. The number of nitrogens with two attached hydrogens (primary N) is 2. The highest BCUT2D eigenvalue weighted by Crippen LogP contribution is 2.07. The predicted molar refractivity (Wildman–Crippen MR) is 45.9 cm³/mol. The van der Waals surface area contributed by atoms with E-state index in [0.717, 1.165) is 0 Å². The quantitative estimate of drug-likeness (QED) is 0.464. The Hall–Kier alpha value is -0.710. The molecule has 1 aliphatic heterocycles. The number of hydrogen-bond donors (Lipinski definition) is 3. The third-order valence-electron chi connectivity index (χ3n) is 1.67. The lowest BCUT2D eigenvalue weighted by molar-refractivity contribution is 0.454. The standard InChI is InChI=1S/C7H14N4/c1-5-2-3-10-4-6(5)11-7(8)9/h2-7,11H,8-9H2,1H3.